The van der Waals surface area contributed by atoms with Crippen molar-refractivity contribution in [3.63, 3.8) is 0 Å². The first kappa shape index (κ1) is 14.9. The molecule has 0 bridgehead atoms. The van der Waals surface area contributed by atoms with Gasteiger partial charge in [-0.15, -0.1) is 0 Å². The summed E-state index contributed by atoms with van der Waals surface area (Å²) in [7, 11) is -2.20. The van der Waals surface area contributed by atoms with Crippen LogP contribution in [0, 0.1) is 0 Å². The van der Waals surface area contributed by atoms with Gasteiger partial charge in [0, 0.05) is 22.6 Å². The third-order valence-corrected chi connectivity index (χ3v) is 5.62. The van der Waals surface area contributed by atoms with Gasteiger partial charge in [0.2, 0.25) is 10.0 Å². The van der Waals surface area contributed by atoms with E-state index in [1.807, 2.05) is 0 Å². The van der Waals surface area contributed by atoms with E-state index in [2.05, 4.69) is 15.9 Å². The summed E-state index contributed by atoms with van der Waals surface area (Å²) >= 11 is 8.93. The minimum Gasteiger partial charge on any atom is -0.395 e. The topological polar surface area (TPSA) is 57.6 Å². The lowest BCUT2D eigenvalue weighted by Crippen LogP contribution is -2.37. The molecular weight excluding hydrogens is 330 g/mol. The SMILES string of the molecule is C[C@H](CO)N(C)S(=O)(=O)c1ccc(Cl)cc1Br. The highest BCUT2D eigenvalue weighted by Gasteiger charge is 2.26. The van der Waals surface area contributed by atoms with Crippen LogP contribution in [0.15, 0.2) is 27.6 Å². The Bertz CT molecular complexity index is 506. The maximum absolute atomic E-state index is 12.2. The Morgan fingerprint density at radius 1 is 1.53 bits per heavy atom. The Morgan fingerprint density at radius 2 is 2.12 bits per heavy atom. The number of sulfonamides is 1. The number of rotatable bonds is 4. The molecule has 0 aliphatic carbocycles. The van der Waals surface area contributed by atoms with E-state index in [-0.39, 0.29) is 11.5 Å². The van der Waals surface area contributed by atoms with Crippen molar-refractivity contribution in [1.29, 1.82) is 0 Å². The number of aliphatic hydroxyl groups is 1. The molecule has 96 valence electrons. The molecule has 0 unspecified atom stereocenters. The summed E-state index contributed by atoms with van der Waals surface area (Å²) in [4.78, 5) is 0.129. The molecule has 0 aliphatic rings. The number of hydrogen-bond acceptors (Lipinski definition) is 3. The van der Waals surface area contributed by atoms with Gasteiger partial charge >= 0.3 is 0 Å². The van der Waals surface area contributed by atoms with Crippen LogP contribution in [0.2, 0.25) is 5.02 Å². The molecule has 0 aliphatic heterocycles. The highest BCUT2D eigenvalue weighted by atomic mass is 79.9. The summed E-state index contributed by atoms with van der Waals surface area (Å²) in [6, 6.07) is 3.98. The van der Waals surface area contributed by atoms with Crippen molar-refractivity contribution < 1.29 is 13.5 Å². The van der Waals surface area contributed by atoms with Crippen molar-refractivity contribution in [2.45, 2.75) is 17.9 Å². The zero-order valence-corrected chi connectivity index (χ0v) is 12.6. The minimum atomic E-state index is -3.63. The van der Waals surface area contributed by atoms with E-state index < -0.39 is 16.1 Å². The number of aliphatic hydroxyl groups excluding tert-OH is 1. The summed E-state index contributed by atoms with van der Waals surface area (Å²) in [5.41, 5.74) is 0. The van der Waals surface area contributed by atoms with Gasteiger partial charge in [-0.2, -0.15) is 4.31 Å². The van der Waals surface area contributed by atoms with Crippen LogP contribution in [-0.2, 0) is 10.0 Å². The standard InChI is InChI=1S/C10H13BrClNO3S/c1-7(6-14)13(2)17(15,16)10-4-3-8(12)5-9(10)11/h3-5,7,14H,6H2,1-2H3/t7-/m1/s1. The highest BCUT2D eigenvalue weighted by Crippen LogP contribution is 2.28. The molecule has 17 heavy (non-hydrogen) atoms. The Kier molecular flexibility index (Phi) is 4.97. The fraction of sp³-hybridized carbons (Fsp3) is 0.400. The number of nitrogens with zero attached hydrogens (tertiary/aromatic N) is 1. The number of halogens is 2. The van der Waals surface area contributed by atoms with E-state index in [1.54, 1.807) is 6.92 Å². The molecule has 0 amide bonds. The second kappa shape index (κ2) is 5.67. The average molecular weight is 343 g/mol. The monoisotopic (exact) mass is 341 g/mol. The molecule has 0 fully saturated rings. The summed E-state index contributed by atoms with van der Waals surface area (Å²) in [6.07, 6.45) is 0. The van der Waals surface area contributed by atoms with Gasteiger partial charge in [-0.05, 0) is 41.1 Å². The van der Waals surface area contributed by atoms with Crippen molar-refractivity contribution in [3.8, 4) is 0 Å². The first-order valence-electron chi connectivity index (χ1n) is 4.84. The Morgan fingerprint density at radius 3 is 2.59 bits per heavy atom. The molecular formula is C10H13BrClNO3S. The Labute approximate surface area is 114 Å². The molecule has 4 nitrogen and oxygen atoms in total. The summed E-state index contributed by atoms with van der Waals surface area (Å²) in [5.74, 6) is 0. The molecule has 1 atom stereocenters. The smallest absolute Gasteiger partial charge is 0.244 e. The largest absolute Gasteiger partial charge is 0.395 e. The molecule has 0 spiro atoms. The summed E-state index contributed by atoms with van der Waals surface area (Å²) in [6.45, 7) is 1.39. The normalized spacial score (nSPS) is 14.0. The lowest BCUT2D eigenvalue weighted by atomic mass is 10.4. The van der Waals surface area contributed by atoms with E-state index in [9.17, 15) is 8.42 Å². The first-order chi connectivity index (χ1) is 7.80. The maximum atomic E-state index is 12.2. The van der Waals surface area contributed by atoms with Crippen LogP contribution < -0.4 is 0 Å². The van der Waals surface area contributed by atoms with Crippen molar-refractivity contribution in [1.82, 2.24) is 4.31 Å². The minimum absolute atomic E-state index is 0.129. The van der Waals surface area contributed by atoms with Gasteiger partial charge in [0.1, 0.15) is 0 Å². The second-order valence-corrected chi connectivity index (χ2v) is 6.88. The highest BCUT2D eigenvalue weighted by molar-refractivity contribution is 9.10. The van der Waals surface area contributed by atoms with Gasteiger partial charge in [0.05, 0.1) is 11.5 Å². The predicted octanol–water partition coefficient (Wildman–Crippen LogP) is 2.10. The predicted molar refractivity (Wildman–Crippen MR) is 70.6 cm³/mol. The van der Waals surface area contributed by atoms with E-state index in [1.165, 1.54) is 25.2 Å². The summed E-state index contributed by atoms with van der Waals surface area (Å²) < 4.78 is 25.9. The van der Waals surface area contributed by atoms with Crippen molar-refractivity contribution in [2.75, 3.05) is 13.7 Å². The lowest BCUT2D eigenvalue weighted by molar-refractivity contribution is 0.214. The first-order valence-corrected chi connectivity index (χ1v) is 7.45. The molecule has 7 heteroatoms. The third-order valence-electron chi connectivity index (χ3n) is 2.44. The van der Waals surface area contributed by atoms with E-state index in [4.69, 9.17) is 16.7 Å². The van der Waals surface area contributed by atoms with Crippen LogP contribution in [0.4, 0.5) is 0 Å². The molecule has 1 rings (SSSR count). The van der Waals surface area contributed by atoms with Crippen LogP contribution >= 0.6 is 27.5 Å². The van der Waals surface area contributed by atoms with Gasteiger partial charge in [0.15, 0.2) is 0 Å². The van der Waals surface area contributed by atoms with Crippen molar-refractivity contribution in [3.05, 3.63) is 27.7 Å². The van der Waals surface area contributed by atoms with Crippen molar-refractivity contribution >= 4 is 37.6 Å². The second-order valence-electron chi connectivity index (χ2n) is 3.63. The van der Waals surface area contributed by atoms with Gasteiger partial charge in [-0.1, -0.05) is 11.6 Å². The van der Waals surface area contributed by atoms with Gasteiger partial charge in [0.25, 0.3) is 0 Å². The molecule has 0 saturated carbocycles. The summed E-state index contributed by atoms with van der Waals surface area (Å²) in [5, 5.41) is 9.44. The van der Waals surface area contributed by atoms with E-state index in [0.29, 0.717) is 9.50 Å². The van der Waals surface area contributed by atoms with Crippen LogP contribution in [0.25, 0.3) is 0 Å². The zero-order valence-electron chi connectivity index (χ0n) is 9.39. The number of benzene rings is 1. The molecule has 1 aromatic carbocycles. The maximum Gasteiger partial charge on any atom is 0.244 e. The molecule has 1 N–H and O–H groups in total. The molecule has 0 aromatic heterocycles. The number of hydrogen-bond donors (Lipinski definition) is 1. The van der Waals surface area contributed by atoms with E-state index in [0.717, 1.165) is 4.31 Å². The fourth-order valence-corrected chi connectivity index (χ4v) is 3.88. The van der Waals surface area contributed by atoms with Crippen LogP contribution in [0.5, 0.6) is 0 Å². The Balaban J connectivity index is 3.22. The van der Waals surface area contributed by atoms with Crippen LogP contribution in [-0.4, -0.2) is 37.5 Å². The molecule has 0 saturated heterocycles. The van der Waals surface area contributed by atoms with Gasteiger partial charge < -0.3 is 5.11 Å². The molecule has 0 radical (unpaired) electrons. The average Bonchev–Trinajstić information content (AvgIpc) is 2.26. The third kappa shape index (κ3) is 3.20. The quantitative estimate of drug-likeness (QED) is 0.911. The lowest BCUT2D eigenvalue weighted by Gasteiger charge is -2.23. The van der Waals surface area contributed by atoms with Gasteiger partial charge in [-0.25, -0.2) is 8.42 Å². The van der Waals surface area contributed by atoms with Crippen LogP contribution in [0.1, 0.15) is 6.92 Å². The van der Waals surface area contributed by atoms with Gasteiger partial charge in [-0.3, -0.25) is 0 Å². The van der Waals surface area contributed by atoms with E-state index >= 15 is 0 Å². The fourth-order valence-electron chi connectivity index (χ4n) is 1.19. The zero-order chi connectivity index (χ0) is 13.2. The number of likely N-dealkylation sites (N-methyl/N-ethyl adjacent to an activating group) is 1. The molecule has 0 heterocycles. The van der Waals surface area contributed by atoms with Crippen molar-refractivity contribution in [2.24, 2.45) is 0 Å². The van der Waals surface area contributed by atoms with Crippen LogP contribution in [0.3, 0.4) is 0 Å². The molecule has 1 aromatic rings. The Hall–Kier alpha value is -0.140.